The van der Waals surface area contributed by atoms with E-state index in [1.807, 2.05) is 39.8 Å². The van der Waals surface area contributed by atoms with Gasteiger partial charge in [-0.2, -0.15) is 4.31 Å². The number of carbonyl (C=O) groups excluding carboxylic acids is 1. The predicted octanol–water partition coefficient (Wildman–Crippen LogP) is 2.61. The molecule has 124 valence electrons. The Bertz CT molecular complexity index is 630. The van der Waals surface area contributed by atoms with E-state index in [2.05, 4.69) is 5.32 Å². The first-order valence-corrected chi connectivity index (χ1v) is 9.25. The maximum atomic E-state index is 12.3. The molecule has 0 heterocycles. The number of benzene rings is 1. The fourth-order valence-corrected chi connectivity index (χ4v) is 3.66. The first kappa shape index (κ1) is 18.6. The Kier molecular flexibility index (Phi) is 6.14. The summed E-state index contributed by atoms with van der Waals surface area (Å²) in [6, 6.07) is 3.78. The van der Waals surface area contributed by atoms with Gasteiger partial charge in [0.2, 0.25) is 15.9 Å². The van der Waals surface area contributed by atoms with Crippen molar-refractivity contribution in [3.63, 3.8) is 0 Å². The molecule has 0 bridgehead atoms. The molecule has 1 aromatic rings. The summed E-state index contributed by atoms with van der Waals surface area (Å²) in [6.45, 7) is 9.39. The van der Waals surface area contributed by atoms with E-state index < -0.39 is 10.0 Å². The highest BCUT2D eigenvalue weighted by Crippen LogP contribution is 2.22. The van der Waals surface area contributed by atoms with Crippen molar-refractivity contribution in [2.45, 2.75) is 47.1 Å². The lowest BCUT2D eigenvalue weighted by molar-refractivity contribution is -0.116. The van der Waals surface area contributed by atoms with E-state index in [1.165, 1.54) is 4.31 Å². The average molecular weight is 326 g/mol. The lowest BCUT2D eigenvalue weighted by atomic mass is 10.1. The molecule has 0 radical (unpaired) electrons. The number of hydrogen-bond donors (Lipinski definition) is 1. The molecule has 0 aliphatic carbocycles. The maximum Gasteiger partial charge on any atom is 0.239 e. The van der Waals surface area contributed by atoms with E-state index in [0.717, 1.165) is 28.6 Å². The topological polar surface area (TPSA) is 66.5 Å². The van der Waals surface area contributed by atoms with Crippen molar-refractivity contribution < 1.29 is 13.2 Å². The van der Waals surface area contributed by atoms with Crippen LogP contribution in [-0.2, 0) is 14.8 Å². The minimum Gasteiger partial charge on any atom is -0.324 e. The molecule has 1 rings (SSSR count). The summed E-state index contributed by atoms with van der Waals surface area (Å²) >= 11 is 0. The van der Waals surface area contributed by atoms with Gasteiger partial charge in [-0.15, -0.1) is 0 Å². The number of sulfonamides is 1. The third kappa shape index (κ3) is 4.81. The van der Waals surface area contributed by atoms with Crippen LogP contribution in [0.2, 0.25) is 0 Å². The number of hydrogen-bond acceptors (Lipinski definition) is 3. The van der Waals surface area contributed by atoms with Crippen molar-refractivity contribution in [1.82, 2.24) is 4.31 Å². The number of aryl methyl sites for hydroxylation is 3. The van der Waals surface area contributed by atoms with Gasteiger partial charge in [0.1, 0.15) is 0 Å². The van der Waals surface area contributed by atoms with E-state index in [4.69, 9.17) is 0 Å². The monoisotopic (exact) mass is 326 g/mol. The van der Waals surface area contributed by atoms with Crippen molar-refractivity contribution in [2.75, 3.05) is 18.1 Å². The molecule has 1 aromatic carbocycles. The Hall–Kier alpha value is -1.40. The van der Waals surface area contributed by atoms with Crippen LogP contribution in [0.5, 0.6) is 0 Å². The number of rotatable bonds is 6. The quantitative estimate of drug-likeness (QED) is 0.874. The van der Waals surface area contributed by atoms with Gasteiger partial charge in [-0.3, -0.25) is 4.79 Å². The van der Waals surface area contributed by atoms with Crippen LogP contribution >= 0.6 is 0 Å². The van der Waals surface area contributed by atoms with Crippen molar-refractivity contribution in [3.8, 4) is 0 Å². The first-order chi connectivity index (χ1) is 10.1. The van der Waals surface area contributed by atoms with E-state index >= 15 is 0 Å². The lowest BCUT2D eigenvalue weighted by Gasteiger charge is -2.25. The second-order valence-corrected chi connectivity index (χ2v) is 7.82. The highest BCUT2D eigenvalue weighted by Gasteiger charge is 2.25. The lowest BCUT2D eigenvalue weighted by Crippen LogP contribution is -2.42. The Balaban J connectivity index is 2.94. The molecule has 0 aliphatic heterocycles. The van der Waals surface area contributed by atoms with Crippen LogP contribution in [0.25, 0.3) is 0 Å². The molecule has 22 heavy (non-hydrogen) atoms. The standard InChI is InChI=1S/C16H26N2O3S/c1-7-14(5)18(22(6,20)21)10-15(19)17-16-12(3)8-11(2)9-13(16)4/h8-9,14H,7,10H2,1-6H3,(H,17,19). The molecule has 1 amide bonds. The van der Waals surface area contributed by atoms with Crippen LogP contribution in [0.1, 0.15) is 37.0 Å². The molecular weight excluding hydrogens is 300 g/mol. The van der Waals surface area contributed by atoms with Crippen molar-refractivity contribution in [2.24, 2.45) is 0 Å². The molecule has 1 atom stereocenters. The third-order valence-electron chi connectivity index (χ3n) is 3.75. The smallest absolute Gasteiger partial charge is 0.239 e. The van der Waals surface area contributed by atoms with Gasteiger partial charge in [0.25, 0.3) is 0 Å². The Morgan fingerprint density at radius 1 is 1.23 bits per heavy atom. The highest BCUT2D eigenvalue weighted by atomic mass is 32.2. The van der Waals surface area contributed by atoms with E-state index in [9.17, 15) is 13.2 Å². The van der Waals surface area contributed by atoms with Gasteiger partial charge in [-0.1, -0.05) is 24.6 Å². The fraction of sp³-hybridized carbons (Fsp3) is 0.562. The molecular formula is C16H26N2O3S. The number of anilines is 1. The van der Waals surface area contributed by atoms with Crippen LogP contribution < -0.4 is 5.32 Å². The summed E-state index contributed by atoms with van der Waals surface area (Å²) in [6.07, 6.45) is 1.79. The molecule has 0 spiro atoms. The second kappa shape index (κ2) is 7.24. The van der Waals surface area contributed by atoms with Gasteiger partial charge < -0.3 is 5.32 Å². The molecule has 0 saturated heterocycles. The van der Waals surface area contributed by atoms with E-state index in [0.29, 0.717) is 6.42 Å². The Morgan fingerprint density at radius 3 is 2.14 bits per heavy atom. The van der Waals surface area contributed by atoms with Crippen molar-refractivity contribution in [3.05, 3.63) is 28.8 Å². The van der Waals surface area contributed by atoms with Crippen molar-refractivity contribution in [1.29, 1.82) is 0 Å². The molecule has 1 unspecified atom stereocenters. The summed E-state index contributed by atoms with van der Waals surface area (Å²) < 4.78 is 24.9. The average Bonchev–Trinajstić information content (AvgIpc) is 2.38. The van der Waals surface area contributed by atoms with E-state index in [1.54, 1.807) is 6.92 Å². The number of carbonyl (C=O) groups is 1. The summed E-state index contributed by atoms with van der Waals surface area (Å²) in [7, 11) is -3.42. The second-order valence-electron chi connectivity index (χ2n) is 5.89. The van der Waals surface area contributed by atoms with E-state index in [-0.39, 0.29) is 18.5 Å². The third-order valence-corrected chi connectivity index (χ3v) is 5.09. The largest absolute Gasteiger partial charge is 0.324 e. The van der Waals surface area contributed by atoms with Gasteiger partial charge in [-0.05, 0) is 45.2 Å². The zero-order chi connectivity index (χ0) is 17.1. The maximum absolute atomic E-state index is 12.3. The minimum absolute atomic E-state index is 0.166. The van der Waals surface area contributed by atoms with Gasteiger partial charge in [0, 0.05) is 11.7 Å². The molecule has 0 aromatic heterocycles. The van der Waals surface area contributed by atoms with Crippen LogP contribution in [0.4, 0.5) is 5.69 Å². The van der Waals surface area contributed by atoms with Crippen LogP contribution in [0, 0.1) is 20.8 Å². The fourth-order valence-electron chi connectivity index (χ4n) is 2.50. The van der Waals surface area contributed by atoms with Crippen LogP contribution in [0.3, 0.4) is 0 Å². The molecule has 6 heteroatoms. The molecule has 0 aliphatic rings. The summed E-state index contributed by atoms with van der Waals surface area (Å²) in [5.41, 5.74) is 3.83. The predicted molar refractivity (Wildman–Crippen MR) is 90.6 cm³/mol. The summed E-state index contributed by atoms with van der Waals surface area (Å²) in [5, 5.41) is 2.84. The zero-order valence-corrected chi connectivity index (χ0v) is 15.0. The molecule has 5 nitrogen and oxygen atoms in total. The van der Waals surface area contributed by atoms with Crippen LogP contribution in [0.15, 0.2) is 12.1 Å². The van der Waals surface area contributed by atoms with Gasteiger partial charge in [0.15, 0.2) is 0 Å². The highest BCUT2D eigenvalue weighted by molar-refractivity contribution is 7.88. The number of nitrogens with zero attached hydrogens (tertiary/aromatic N) is 1. The Labute approximate surface area is 133 Å². The zero-order valence-electron chi connectivity index (χ0n) is 14.2. The van der Waals surface area contributed by atoms with Crippen LogP contribution in [-0.4, -0.2) is 37.5 Å². The minimum atomic E-state index is -3.42. The molecule has 0 fully saturated rings. The Morgan fingerprint density at radius 2 is 1.73 bits per heavy atom. The van der Waals surface area contributed by atoms with Crippen molar-refractivity contribution >= 4 is 21.6 Å². The SMILES string of the molecule is CCC(C)N(CC(=O)Nc1c(C)cc(C)cc1C)S(C)(=O)=O. The molecule has 0 saturated carbocycles. The first-order valence-electron chi connectivity index (χ1n) is 7.40. The summed E-state index contributed by atoms with van der Waals surface area (Å²) in [5.74, 6) is -0.319. The van der Waals surface area contributed by atoms with Gasteiger partial charge in [0.05, 0.1) is 12.8 Å². The summed E-state index contributed by atoms with van der Waals surface area (Å²) in [4.78, 5) is 12.3. The molecule has 1 N–H and O–H groups in total. The normalized spacial score (nSPS) is 13.2. The van der Waals surface area contributed by atoms with Gasteiger partial charge in [-0.25, -0.2) is 8.42 Å². The number of nitrogens with one attached hydrogen (secondary N) is 1. The van der Waals surface area contributed by atoms with Gasteiger partial charge >= 0.3 is 0 Å². The number of amides is 1.